The van der Waals surface area contributed by atoms with Crippen molar-refractivity contribution in [3.8, 4) is 5.75 Å². The average Bonchev–Trinajstić information content (AvgIpc) is 2.85. The maximum absolute atomic E-state index is 5.55. The lowest BCUT2D eigenvalue weighted by Crippen LogP contribution is -2.18. The first-order chi connectivity index (χ1) is 8.67. The highest BCUT2D eigenvalue weighted by molar-refractivity contribution is 7.10. The standard InChI is InChI=1S/C15H19NOS/c1-10-8-11(2)14(12(9-10)17-4)15(16-3)13-6-5-7-18-13/h5-9,15-16H,1-4H3. The number of methoxy groups -OCH3 is 1. The van der Waals surface area contributed by atoms with E-state index in [2.05, 4.69) is 48.8 Å². The summed E-state index contributed by atoms with van der Waals surface area (Å²) in [4.78, 5) is 1.31. The van der Waals surface area contributed by atoms with Crippen molar-refractivity contribution in [2.75, 3.05) is 14.2 Å². The van der Waals surface area contributed by atoms with Crippen molar-refractivity contribution in [3.63, 3.8) is 0 Å². The molecule has 0 bridgehead atoms. The third-order valence-electron chi connectivity index (χ3n) is 3.12. The molecular formula is C15H19NOS. The van der Waals surface area contributed by atoms with Gasteiger partial charge in [0, 0.05) is 10.4 Å². The lowest BCUT2D eigenvalue weighted by atomic mass is 9.97. The molecule has 1 aromatic carbocycles. The normalized spacial score (nSPS) is 12.4. The fraction of sp³-hybridized carbons (Fsp3) is 0.333. The second-order valence-electron chi connectivity index (χ2n) is 4.43. The van der Waals surface area contributed by atoms with Crippen molar-refractivity contribution in [1.29, 1.82) is 0 Å². The molecule has 96 valence electrons. The van der Waals surface area contributed by atoms with Crippen LogP contribution in [-0.4, -0.2) is 14.2 Å². The molecule has 18 heavy (non-hydrogen) atoms. The Morgan fingerprint density at radius 3 is 2.61 bits per heavy atom. The first kappa shape index (κ1) is 13.1. The van der Waals surface area contributed by atoms with Gasteiger partial charge in [-0.05, 0) is 49.5 Å². The summed E-state index contributed by atoms with van der Waals surface area (Å²) < 4.78 is 5.55. The summed E-state index contributed by atoms with van der Waals surface area (Å²) in [5.74, 6) is 0.959. The van der Waals surface area contributed by atoms with Crippen molar-refractivity contribution in [1.82, 2.24) is 5.32 Å². The van der Waals surface area contributed by atoms with Crippen LogP contribution in [0.4, 0.5) is 0 Å². The third-order valence-corrected chi connectivity index (χ3v) is 4.06. The molecule has 0 radical (unpaired) electrons. The Morgan fingerprint density at radius 2 is 2.06 bits per heavy atom. The summed E-state index contributed by atoms with van der Waals surface area (Å²) in [7, 11) is 3.72. The zero-order valence-electron chi connectivity index (χ0n) is 11.3. The minimum atomic E-state index is 0.195. The molecule has 1 aromatic heterocycles. The van der Waals surface area contributed by atoms with E-state index >= 15 is 0 Å². The Balaban J connectivity index is 2.55. The monoisotopic (exact) mass is 261 g/mol. The molecule has 2 rings (SSSR count). The van der Waals surface area contributed by atoms with Gasteiger partial charge in [-0.25, -0.2) is 0 Å². The lowest BCUT2D eigenvalue weighted by molar-refractivity contribution is 0.405. The van der Waals surface area contributed by atoms with Gasteiger partial charge in [0.15, 0.2) is 0 Å². The van der Waals surface area contributed by atoms with Gasteiger partial charge in [-0.1, -0.05) is 12.1 Å². The molecule has 0 aliphatic heterocycles. The highest BCUT2D eigenvalue weighted by Crippen LogP contribution is 2.35. The highest BCUT2D eigenvalue weighted by Gasteiger charge is 2.20. The largest absolute Gasteiger partial charge is 0.496 e. The Labute approximate surface area is 113 Å². The van der Waals surface area contributed by atoms with Crippen LogP contribution in [0.3, 0.4) is 0 Å². The van der Waals surface area contributed by atoms with Gasteiger partial charge in [0.05, 0.1) is 13.2 Å². The van der Waals surface area contributed by atoms with Crippen molar-refractivity contribution < 1.29 is 4.74 Å². The lowest BCUT2D eigenvalue weighted by Gasteiger charge is -2.21. The van der Waals surface area contributed by atoms with E-state index in [0.29, 0.717) is 0 Å². The summed E-state index contributed by atoms with van der Waals surface area (Å²) >= 11 is 1.76. The molecule has 0 spiro atoms. The van der Waals surface area contributed by atoms with Crippen LogP contribution in [0.1, 0.15) is 27.6 Å². The Bertz CT molecular complexity index is 520. The second-order valence-corrected chi connectivity index (χ2v) is 5.41. The Hall–Kier alpha value is -1.32. The molecule has 0 saturated heterocycles. The molecule has 0 aliphatic carbocycles. The molecule has 1 unspecified atom stereocenters. The van der Waals surface area contributed by atoms with Crippen LogP contribution in [0.5, 0.6) is 5.75 Å². The van der Waals surface area contributed by atoms with E-state index in [1.807, 2.05) is 7.05 Å². The van der Waals surface area contributed by atoms with Gasteiger partial charge in [0.1, 0.15) is 5.75 Å². The minimum Gasteiger partial charge on any atom is -0.496 e. The van der Waals surface area contributed by atoms with E-state index in [-0.39, 0.29) is 6.04 Å². The second kappa shape index (κ2) is 5.55. The number of rotatable bonds is 4. The maximum Gasteiger partial charge on any atom is 0.124 e. The molecule has 2 nitrogen and oxygen atoms in total. The topological polar surface area (TPSA) is 21.3 Å². The van der Waals surface area contributed by atoms with E-state index in [9.17, 15) is 0 Å². The molecule has 0 aliphatic rings. The van der Waals surface area contributed by atoms with Crippen molar-refractivity contribution in [2.45, 2.75) is 19.9 Å². The number of benzene rings is 1. The third kappa shape index (κ3) is 2.42. The maximum atomic E-state index is 5.55. The predicted octanol–water partition coefficient (Wildman–Crippen LogP) is 3.68. The first-order valence-corrected chi connectivity index (χ1v) is 6.91. The van der Waals surface area contributed by atoms with E-state index in [1.165, 1.54) is 21.6 Å². The van der Waals surface area contributed by atoms with Crippen LogP contribution < -0.4 is 10.1 Å². The summed E-state index contributed by atoms with van der Waals surface area (Å²) in [5.41, 5.74) is 3.72. The highest BCUT2D eigenvalue weighted by atomic mass is 32.1. The molecule has 0 fully saturated rings. The molecule has 1 N–H and O–H groups in total. The van der Waals surface area contributed by atoms with Crippen LogP contribution in [0.15, 0.2) is 29.6 Å². The van der Waals surface area contributed by atoms with Crippen molar-refractivity contribution in [2.24, 2.45) is 0 Å². The van der Waals surface area contributed by atoms with Crippen molar-refractivity contribution in [3.05, 3.63) is 51.2 Å². The zero-order chi connectivity index (χ0) is 13.1. The van der Waals surface area contributed by atoms with Gasteiger partial charge in [-0.15, -0.1) is 11.3 Å². The SMILES string of the molecule is CNC(c1cccs1)c1c(C)cc(C)cc1OC. The fourth-order valence-electron chi connectivity index (χ4n) is 2.36. The van der Waals surface area contributed by atoms with Gasteiger partial charge in [0.25, 0.3) is 0 Å². The number of hydrogen-bond acceptors (Lipinski definition) is 3. The summed E-state index contributed by atoms with van der Waals surface area (Å²) in [5, 5.41) is 5.49. The smallest absolute Gasteiger partial charge is 0.124 e. The van der Waals surface area contributed by atoms with E-state index in [4.69, 9.17) is 4.74 Å². The summed E-state index contributed by atoms with van der Waals surface area (Å²) in [6, 6.07) is 8.74. The fourth-order valence-corrected chi connectivity index (χ4v) is 3.21. The van der Waals surface area contributed by atoms with E-state index < -0.39 is 0 Å². The molecule has 2 aromatic rings. The summed E-state index contributed by atoms with van der Waals surface area (Å²) in [6.45, 7) is 4.24. The van der Waals surface area contributed by atoms with Gasteiger partial charge >= 0.3 is 0 Å². The van der Waals surface area contributed by atoms with E-state index in [0.717, 1.165) is 5.75 Å². The molecule has 3 heteroatoms. The molecular weight excluding hydrogens is 242 g/mol. The molecule has 0 saturated carbocycles. The molecule has 0 amide bonds. The number of hydrogen-bond donors (Lipinski definition) is 1. The van der Waals surface area contributed by atoms with Crippen LogP contribution in [-0.2, 0) is 0 Å². The number of aryl methyl sites for hydroxylation is 2. The van der Waals surface area contributed by atoms with E-state index in [1.54, 1.807) is 18.4 Å². The zero-order valence-corrected chi connectivity index (χ0v) is 12.1. The van der Waals surface area contributed by atoms with Gasteiger partial charge < -0.3 is 10.1 Å². The minimum absolute atomic E-state index is 0.195. The van der Waals surface area contributed by atoms with Gasteiger partial charge in [0.2, 0.25) is 0 Å². The quantitative estimate of drug-likeness (QED) is 0.906. The number of thiophene rings is 1. The molecule has 1 atom stereocenters. The van der Waals surface area contributed by atoms with Crippen LogP contribution in [0.25, 0.3) is 0 Å². The van der Waals surface area contributed by atoms with Gasteiger partial charge in [-0.3, -0.25) is 0 Å². The first-order valence-electron chi connectivity index (χ1n) is 6.03. The number of nitrogens with one attached hydrogen (secondary N) is 1. The number of ether oxygens (including phenoxy) is 1. The Morgan fingerprint density at radius 1 is 1.28 bits per heavy atom. The van der Waals surface area contributed by atoms with Crippen LogP contribution in [0, 0.1) is 13.8 Å². The van der Waals surface area contributed by atoms with Gasteiger partial charge in [-0.2, -0.15) is 0 Å². The van der Waals surface area contributed by atoms with Crippen LogP contribution >= 0.6 is 11.3 Å². The van der Waals surface area contributed by atoms with Crippen molar-refractivity contribution >= 4 is 11.3 Å². The predicted molar refractivity (Wildman–Crippen MR) is 77.7 cm³/mol. The average molecular weight is 261 g/mol. The summed E-state index contributed by atoms with van der Waals surface area (Å²) in [6.07, 6.45) is 0. The Kier molecular flexibility index (Phi) is 4.04. The molecule has 1 heterocycles. The van der Waals surface area contributed by atoms with Crippen LogP contribution in [0.2, 0.25) is 0 Å².